The van der Waals surface area contributed by atoms with E-state index in [9.17, 15) is 43.2 Å². The van der Waals surface area contributed by atoms with Gasteiger partial charge in [0.1, 0.15) is 19.3 Å². The molecule has 0 amide bonds. The van der Waals surface area contributed by atoms with Gasteiger partial charge in [0.05, 0.1) is 26.4 Å². The first-order valence-corrected chi connectivity index (χ1v) is 42.3. The first-order chi connectivity index (χ1) is 45.7. The third-order valence-electron chi connectivity index (χ3n) is 17.6. The van der Waals surface area contributed by atoms with Gasteiger partial charge in [0.25, 0.3) is 0 Å². The summed E-state index contributed by atoms with van der Waals surface area (Å²) in [5.74, 6) is 0.172. The Morgan fingerprint density at radius 2 is 0.484 bits per heavy atom. The van der Waals surface area contributed by atoms with Crippen LogP contribution in [0.15, 0.2) is 0 Å². The molecule has 0 heterocycles. The molecular weight excluding hydrogens is 1250 g/mol. The second-order valence-electron chi connectivity index (χ2n) is 28.8. The minimum atomic E-state index is -4.96. The summed E-state index contributed by atoms with van der Waals surface area (Å²) >= 11 is 0. The van der Waals surface area contributed by atoms with E-state index in [-0.39, 0.29) is 25.7 Å². The van der Waals surface area contributed by atoms with Crippen LogP contribution in [0.2, 0.25) is 0 Å². The van der Waals surface area contributed by atoms with Gasteiger partial charge >= 0.3 is 39.5 Å². The molecule has 95 heavy (non-hydrogen) atoms. The fourth-order valence-electron chi connectivity index (χ4n) is 11.6. The molecule has 0 saturated heterocycles. The van der Waals surface area contributed by atoms with E-state index in [1.807, 2.05) is 0 Å². The van der Waals surface area contributed by atoms with Gasteiger partial charge in [0.15, 0.2) is 12.2 Å². The van der Waals surface area contributed by atoms with Gasteiger partial charge < -0.3 is 33.8 Å². The molecule has 3 N–H and O–H groups in total. The maximum Gasteiger partial charge on any atom is 0.472 e. The van der Waals surface area contributed by atoms with Gasteiger partial charge in [0, 0.05) is 25.7 Å². The fraction of sp³-hybridized carbons (Fsp3) is 0.947. The highest BCUT2D eigenvalue weighted by Gasteiger charge is 2.30. The summed E-state index contributed by atoms with van der Waals surface area (Å²) in [4.78, 5) is 72.8. The van der Waals surface area contributed by atoms with Crippen LogP contribution in [-0.2, 0) is 65.4 Å². The van der Waals surface area contributed by atoms with Gasteiger partial charge in [-0.3, -0.25) is 37.3 Å². The van der Waals surface area contributed by atoms with E-state index >= 15 is 0 Å². The molecular formula is C76H148O17P2. The van der Waals surface area contributed by atoms with Crippen LogP contribution in [0.5, 0.6) is 0 Å². The molecule has 0 fully saturated rings. The highest BCUT2D eigenvalue weighted by atomic mass is 31.2. The van der Waals surface area contributed by atoms with Gasteiger partial charge in [-0.05, 0) is 43.4 Å². The molecule has 0 aromatic rings. The predicted molar refractivity (Wildman–Crippen MR) is 386 cm³/mol. The molecule has 0 aromatic carbocycles. The zero-order chi connectivity index (χ0) is 70.1. The lowest BCUT2D eigenvalue weighted by Gasteiger charge is -2.21. The number of esters is 4. The molecule has 17 nitrogen and oxygen atoms in total. The topological polar surface area (TPSA) is 237 Å². The van der Waals surface area contributed by atoms with Crippen LogP contribution in [0, 0.1) is 17.8 Å². The second-order valence-corrected chi connectivity index (χ2v) is 31.7. The van der Waals surface area contributed by atoms with E-state index in [0.717, 1.165) is 108 Å². The Balaban J connectivity index is 5.24. The predicted octanol–water partition coefficient (Wildman–Crippen LogP) is 22.2. The highest BCUT2D eigenvalue weighted by molar-refractivity contribution is 7.47. The van der Waals surface area contributed by atoms with Crippen LogP contribution in [-0.4, -0.2) is 96.7 Å². The van der Waals surface area contributed by atoms with E-state index in [1.54, 1.807) is 0 Å². The average Bonchev–Trinajstić information content (AvgIpc) is 2.72. The molecule has 0 aromatic heterocycles. The van der Waals surface area contributed by atoms with Crippen LogP contribution in [0.25, 0.3) is 0 Å². The lowest BCUT2D eigenvalue weighted by molar-refractivity contribution is -0.161. The van der Waals surface area contributed by atoms with Crippen molar-refractivity contribution in [2.45, 2.75) is 407 Å². The molecule has 0 aliphatic carbocycles. The first kappa shape index (κ1) is 93.1. The molecule has 2 unspecified atom stereocenters. The molecule has 0 radical (unpaired) electrons. The quantitative estimate of drug-likeness (QED) is 0.0222. The molecule has 19 heteroatoms. The number of carbonyl (C=O) groups is 4. The van der Waals surface area contributed by atoms with Crippen LogP contribution < -0.4 is 0 Å². The Bertz CT molecular complexity index is 1850. The number of aliphatic hydroxyl groups excluding tert-OH is 1. The summed E-state index contributed by atoms with van der Waals surface area (Å²) in [5.41, 5.74) is 0. The average molecular weight is 1400 g/mol. The van der Waals surface area contributed by atoms with Crippen molar-refractivity contribution in [1.29, 1.82) is 0 Å². The molecule has 5 atom stereocenters. The Morgan fingerprint density at radius 1 is 0.284 bits per heavy atom. The highest BCUT2D eigenvalue weighted by Crippen LogP contribution is 2.45. The Morgan fingerprint density at radius 3 is 0.716 bits per heavy atom. The van der Waals surface area contributed by atoms with Gasteiger partial charge in [0.2, 0.25) is 0 Å². The molecule has 0 rings (SSSR count). The molecule has 0 saturated carbocycles. The third-order valence-corrected chi connectivity index (χ3v) is 19.5. The number of phosphoric acid groups is 2. The van der Waals surface area contributed by atoms with Crippen molar-refractivity contribution in [2.75, 3.05) is 39.6 Å². The Labute approximate surface area is 581 Å². The lowest BCUT2D eigenvalue weighted by Crippen LogP contribution is -2.30. The van der Waals surface area contributed by atoms with Gasteiger partial charge in [-0.2, -0.15) is 0 Å². The van der Waals surface area contributed by atoms with Gasteiger partial charge in [-0.15, -0.1) is 0 Å². The Kier molecular flexibility index (Phi) is 65.2. The summed E-state index contributed by atoms with van der Waals surface area (Å²) in [5, 5.41) is 10.6. The van der Waals surface area contributed by atoms with Gasteiger partial charge in [-0.25, -0.2) is 9.13 Å². The number of aliphatic hydroxyl groups is 1. The van der Waals surface area contributed by atoms with Crippen LogP contribution in [0.1, 0.15) is 389 Å². The maximum atomic E-state index is 13.1. The molecule has 0 bridgehead atoms. The molecule has 0 spiro atoms. The second kappa shape index (κ2) is 66.6. The smallest absolute Gasteiger partial charge is 0.462 e. The van der Waals surface area contributed by atoms with Crippen molar-refractivity contribution in [3.05, 3.63) is 0 Å². The first-order valence-electron chi connectivity index (χ1n) is 39.3. The van der Waals surface area contributed by atoms with Crippen molar-refractivity contribution in [1.82, 2.24) is 0 Å². The van der Waals surface area contributed by atoms with Crippen molar-refractivity contribution in [3.8, 4) is 0 Å². The molecule has 0 aliphatic rings. The van der Waals surface area contributed by atoms with E-state index in [4.69, 9.17) is 37.0 Å². The normalized spacial score (nSPS) is 14.1. The van der Waals surface area contributed by atoms with Crippen molar-refractivity contribution in [3.63, 3.8) is 0 Å². The maximum absolute atomic E-state index is 13.1. The van der Waals surface area contributed by atoms with Crippen LogP contribution >= 0.6 is 15.6 Å². The van der Waals surface area contributed by atoms with Crippen molar-refractivity contribution >= 4 is 39.5 Å². The van der Waals surface area contributed by atoms with Crippen molar-refractivity contribution < 1.29 is 80.2 Å². The number of carbonyl (C=O) groups excluding carboxylic acids is 4. The zero-order valence-electron chi connectivity index (χ0n) is 62.1. The zero-order valence-corrected chi connectivity index (χ0v) is 63.9. The monoisotopic (exact) mass is 1400 g/mol. The SMILES string of the molecule is CCCCCCCCCCCCCCC(=O)O[C@H](COC(=O)CCCCCCCCCC(C)C)COP(=O)(O)OC[C@H](O)COP(=O)(O)OC[C@@H](COC(=O)CCCCCCCCCCCCCCC(C)C)OC(=O)CCCCCCCCCCCCCCCCCC(C)C. The molecule has 564 valence electrons. The lowest BCUT2D eigenvalue weighted by atomic mass is 10.0. The minimum absolute atomic E-state index is 0.106. The number of ether oxygens (including phenoxy) is 4. The molecule has 0 aliphatic heterocycles. The number of phosphoric ester groups is 2. The van der Waals surface area contributed by atoms with E-state index in [1.165, 1.54) is 193 Å². The number of unbranched alkanes of at least 4 members (excludes halogenated alkanes) is 42. The van der Waals surface area contributed by atoms with Crippen LogP contribution in [0.4, 0.5) is 0 Å². The minimum Gasteiger partial charge on any atom is -0.462 e. The van der Waals surface area contributed by atoms with Gasteiger partial charge in [-0.1, -0.05) is 337 Å². The number of hydrogen-bond acceptors (Lipinski definition) is 15. The Hall–Kier alpha value is -1.94. The van der Waals surface area contributed by atoms with E-state index < -0.39 is 97.5 Å². The number of rotatable bonds is 74. The van der Waals surface area contributed by atoms with E-state index in [0.29, 0.717) is 31.6 Å². The number of hydrogen-bond donors (Lipinski definition) is 3. The summed E-state index contributed by atoms with van der Waals surface area (Å²) in [6, 6.07) is 0. The largest absolute Gasteiger partial charge is 0.472 e. The van der Waals surface area contributed by atoms with Crippen LogP contribution in [0.3, 0.4) is 0 Å². The standard InChI is InChI=1S/C76H148O17P2/c1-8-9-10-11-12-13-14-24-30-37-45-52-59-75(80)93-72(64-87-74(79)58-51-44-39-32-35-42-49-56-69(6)7)66-91-95(84,85)89-62-70(77)61-88-94(82,83)90-65-71(63-86-73(78)57-50-43-36-29-25-21-20-23-28-34-41-48-55-68(4)5)92-76(81)60-53-46-38-31-26-19-17-15-16-18-22-27-33-40-47-54-67(2)3/h67-72,77H,8-66H2,1-7H3,(H,82,83)(H,84,85)/t70-,71-,72-/m1/s1. The summed E-state index contributed by atoms with van der Waals surface area (Å²) in [7, 11) is -9.91. The third kappa shape index (κ3) is 70.3. The summed E-state index contributed by atoms with van der Waals surface area (Å²) < 4.78 is 68.5. The summed E-state index contributed by atoms with van der Waals surface area (Å²) in [6.45, 7) is 11.9. The van der Waals surface area contributed by atoms with E-state index in [2.05, 4.69) is 48.5 Å². The fourth-order valence-corrected chi connectivity index (χ4v) is 13.2. The summed E-state index contributed by atoms with van der Waals surface area (Å²) in [6.07, 6.45) is 52.7. The van der Waals surface area contributed by atoms with Crippen molar-refractivity contribution in [2.24, 2.45) is 17.8 Å².